The lowest BCUT2D eigenvalue weighted by Crippen LogP contribution is -2.48. The fourth-order valence-electron chi connectivity index (χ4n) is 5.23. The molecule has 2 amide bonds. The number of carbonyl (C=O) groups is 1. The van der Waals surface area contributed by atoms with Crippen molar-refractivity contribution in [2.45, 2.75) is 52.2 Å². The van der Waals surface area contributed by atoms with Gasteiger partial charge in [0.1, 0.15) is 0 Å². The average Bonchev–Trinajstić information content (AvgIpc) is 3.28. The molecule has 2 aromatic rings. The van der Waals surface area contributed by atoms with Crippen molar-refractivity contribution in [3.05, 3.63) is 71.1 Å². The highest BCUT2D eigenvalue weighted by atomic mass is 16.5. The van der Waals surface area contributed by atoms with E-state index in [0.717, 1.165) is 63.5 Å². The van der Waals surface area contributed by atoms with Crippen LogP contribution in [0.25, 0.3) is 16.7 Å². The van der Waals surface area contributed by atoms with Crippen molar-refractivity contribution in [2.24, 2.45) is 0 Å². The molecule has 184 valence electrons. The number of aromatic nitrogens is 1. The first-order chi connectivity index (χ1) is 17.0. The summed E-state index contributed by atoms with van der Waals surface area (Å²) in [5, 5.41) is 3.02. The predicted octanol–water partition coefficient (Wildman–Crippen LogP) is 4.66. The molecule has 5 rings (SSSR count). The van der Waals surface area contributed by atoms with Gasteiger partial charge in [-0.15, -0.1) is 0 Å². The zero-order valence-electron chi connectivity index (χ0n) is 21.1. The molecule has 35 heavy (non-hydrogen) atoms. The Hall–Kier alpha value is -2.96. The second kappa shape index (κ2) is 10.3. The molecule has 3 aliphatic rings. The van der Waals surface area contributed by atoms with Crippen LogP contribution in [0.4, 0.5) is 4.79 Å². The van der Waals surface area contributed by atoms with Gasteiger partial charge in [-0.1, -0.05) is 36.4 Å². The third kappa shape index (κ3) is 5.34. The average molecular weight is 473 g/mol. The minimum Gasteiger partial charge on any atom is -0.379 e. The van der Waals surface area contributed by atoms with Crippen LogP contribution in [0.3, 0.4) is 0 Å². The third-order valence-corrected chi connectivity index (χ3v) is 7.13. The second-order valence-corrected chi connectivity index (χ2v) is 10.1. The van der Waals surface area contributed by atoms with Gasteiger partial charge < -0.3 is 15.0 Å². The minimum absolute atomic E-state index is 0.0182. The van der Waals surface area contributed by atoms with E-state index >= 15 is 0 Å². The number of ether oxygens (including phenoxy) is 1. The van der Waals surface area contributed by atoms with Crippen LogP contribution in [-0.2, 0) is 17.7 Å². The van der Waals surface area contributed by atoms with Gasteiger partial charge in [-0.2, -0.15) is 0 Å². The number of fused-ring (bicyclic) bond motifs is 1. The van der Waals surface area contributed by atoms with Crippen molar-refractivity contribution in [2.75, 3.05) is 32.8 Å². The number of hydrogen-bond acceptors (Lipinski definition) is 4. The summed E-state index contributed by atoms with van der Waals surface area (Å²) in [7, 11) is 0. The van der Waals surface area contributed by atoms with Crippen molar-refractivity contribution in [3.8, 4) is 11.1 Å². The molecule has 1 fully saturated rings. The first-order valence-electron chi connectivity index (χ1n) is 12.8. The molecule has 0 saturated carbocycles. The molecule has 6 heteroatoms. The summed E-state index contributed by atoms with van der Waals surface area (Å²) >= 11 is 0. The number of rotatable bonds is 5. The number of urea groups is 1. The fourth-order valence-corrected chi connectivity index (χ4v) is 5.23. The van der Waals surface area contributed by atoms with E-state index < -0.39 is 0 Å². The molecule has 0 bridgehead atoms. The Morgan fingerprint density at radius 1 is 1.14 bits per heavy atom. The lowest BCUT2D eigenvalue weighted by Gasteiger charge is -2.33. The molecule has 1 aliphatic carbocycles. The molecule has 0 spiro atoms. The summed E-state index contributed by atoms with van der Waals surface area (Å²) in [6.45, 7) is 11.4. The zero-order valence-corrected chi connectivity index (χ0v) is 21.1. The van der Waals surface area contributed by atoms with Gasteiger partial charge in [0.05, 0.1) is 18.9 Å². The van der Waals surface area contributed by atoms with Gasteiger partial charge in [-0.25, -0.2) is 4.79 Å². The number of nitrogens with zero attached hydrogens (tertiary/aromatic N) is 3. The Bertz CT molecular complexity index is 1130. The number of pyridine rings is 1. The standard InChI is InChI=1S/C29H36N4O2/c1-20(2)31-29(34)33-11-10-24(16-21(33)3)26-8-9-28-27(26)17-25(18-30-28)23-6-4-22(5-7-23)19-32-12-14-35-15-13-32/h4-8,16-18,20-21H,9-15,19H2,1-3H3,(H,31,34). The molecule has 2 aliphatic heterocycles. The monoisotopic (exact) mass is 472 g/mol. The Morgan fingerprint density at radius 2 is 1.91 bits per heavy atom. The van der Waals surface area contributed by atoms with Crippen LogP contribution in [-0.4, -0.2) is 65.7 Å². The summed E-state index contributed by atoms with van der Waals surface area (Å²) in [6, 6.07) is 11.4. The number of morpholine rings is 1. The van der Waals surface area contributed by atoms with Gasteiger partial charge in [0.15, 0.2) is 0 Å². The van der Waals surface area contributed by atoms with Gasteiger partial charge >= 0.3 is 6.03 Å². The first kappa shape index (κ1) is 23.8. The minimum atomic E-state index is 0.0182. The van der Waals surface area contributed by atoms with Crippen molar-refractivity contribution < 1.29 is 9.53 Å². The van der Waals surface area contributed by atoms with Crippen LogP contribution < -0.4 is 5.32 Å². The van der Waals surface area contributed by atoms with Gasteiger partial charge in [0.2, 0.25) is 0 Å². The summed E-state index contributed by atoms with van der Waals surface area (Å²) in [5.41, 5.74) is 8.66. The van der Waals surface area contributed by atoms with Crippen LogP contribution in [0.2, 0.25) is 0 Å². The van der Waals surface area contributed by atoms with Crippen molar-refractivity contribution in [1.29, 1.82) is 0 Å². The quantitative estimate of drug-likeness (QED) is 0.688. The second-order valence-electron chi connectivity index (χ2n) is 10.1. The van der Waals surface area contributed by atoms with E-state index in [9.17, 15) is 4.79 Å². The topological polar surface area (TPSA) is 57.7 Å². The molecular formula is C29H36N4O2. The van der Waals surface area contributed by atoms with E-state index in [0.29, 0.717) is 0 Å². The molecule has 0 radical (unpaired) electrons. The van der Waals surface area contributed by atoms with Crippen molar-refractivity contribution in [3.63, 3.8) is 0 Å². The molecular weight excluding hydrogens is 436 g/mol. The van der Waals surface area contributed by atoms with Crippen LogP contribution in [0.5, 0.6) is 0 Å². The Morgan fingerprint density at radius 3 is 2.63 bits per heavy atom. The van der Waals surface area contributed by atoms with Crippen molar-refractivity contribution in [1.82, 2.24) is 20.1 Å². The maximum absolute atomic E-state index is 12.5. The van der Waals surface area contributed by atoms with Crippen LogP contribution in [0.15, 0.2) is 54.3 Å². The molecule has 1 aromatic carbocycles. The first-order valence-corrected chi connectivity index (χ1v) is 12.8. The Labute approximate surface area is 208 Å². The van der Waals surface area contributed by atoms with E-state index in [1.807, 2.05) is 24.9 Å². The van der Waals surface area contributed by atoms with Crippen LogP contribution in [0, 0.1) is 0 Å². The molecule has 1 saturated heterocycles. The molecule has 3 heterocycles. The van der Waals surface area contributed by atoms with E-state index in [1.54, 1.807) is 0 Å². The summed E-state index contributed by atoms with van der Waals surface area (Å²) < 4.78 is 5.46. The van der Waals surface area contributed by atoms with Gasteiger partial charge in [-0.05, 0) is 55.5 Å². The number of hydrogen-bond donors (Lipinski definition) is 1. The summed E-state index contributed by atoms with van der Waals surface area (Å²) in [5.74, 6) is 0. The Kier molecular flexibility index (Phi) is 7.02. The number of benzene rings is 1. The number of amides is 2. The summed E-state index contributed by atoms with van der Waals surface area (Å²) in [4.78, 5) is 21.7. The molecule has 1 N–H and O–H groups in total. The van der Waals surface area contributed by atoms with Gasteiger partial charge in [-0.3, -0.25) is 9.88 Å². The fraction of sp³-hybridized carbons (Fsp3) is 0.448. The van der Waals surface area contributed by atoms with E-state index in [1.165, 1.54) is 27.8 Å². The number of nitrogens with one attached hydrogen (secondary N) is 1. The predicted molar refractivity (Wildman–Crippen MR) is 140 cm³/mol. The highest BCUT2D eigenvalue weighted by molar-refractivity contribution is 5.86. The number of allylic oxidation sites excluding steroid dienone is 2. The lowest BCUT2D eigenvalue weighted by atomic mass is 9.92. The highest BCUT2D eigenvalue weighted by Crippen LogP contribution is 2.37. The van der Waals surface area contributed by atoms with E-state index in [2.05, 4.69) is 59.6 Å². The van der Waals surface area contributed by atoms with Crippen LogP contribution in [0.1, 0.15) is 44.0 Å². The Balaban J connectivity index is 1.31. The van der Waals surface area contributed by atoms with Gasteiger partial charge in [0, 0.05) is 62.0 Å². The van der Waals surface area contributed by atoms with E-state index in [4.69, 9.17) is 9.72 Å². The normalized spacial score (nSPS) is 20.5. The smallest absolute Gasteiger partial charge is 0.318 e. The third-order valence-electron chi connectivity index (χ3n) is 7.13. The molecule has 6 nitrogen and oxygen atoms in total. The molecule has 1 atom stereocenters. The van der Waals surface area contributed by atoms with Crippen LogP contribution >= 0.6 is 0 Å². The molecule has 1 aromatic heterocycles. The zero-order chi connectivity index (χ0) is 24.4. The lowest BCUT2D eigenvalue weighted by molar-refractivity contribution is 0.0342. The van der Waals surface area contributed by atoms with E-state index in [-0.39, 0.29) is 18.1 Å². The molecule has 1 unspecified atom stereocenters. The highest BCUT2D eigenvalue weighted by Gasteiger charge is 2.27. The number of carbonyl (C=O) groups excluding carboxylic acids is 1. The SMILES string of the molecule is CC(C)NC(=O)N1CCC(C2=CCc3ncc(-c4ccc(CN5CCOCC5)cc4)cc32)=CC1C. The maximum atomic E-state index is 12.5. The largest absolute Gasteiger partial charge is 0.379 e. The maximum Gasteiger partial charge on any atom is 0.318 e. The van der Waals surface area contributed by atoms with Crippen molar-refractivity contribution >= 4 is 11.6 Å². The van der Waals surface area contributed by atoms with Gasteiger partial charge in [0.25, 0.3) is 0 Å². The summed E-state index contributed by atoms with van der Waals surface area (Å²) in [6.07, 6.45) is 8.28.